The number of alkyl halides is 6. The molecule has 0 unspecified atom stereocenters. The molecule has 2 fully saturated rings. The molecule has 0 spiro atoms. The summed E-state index contributed by atoms with van der Waals surface area (Å²) in [6, 6.07) is 8.58. The molecule has 1 aliphatic heterocycles. The molecule has 9 heteroatoms. The first-order valence-corrected chi connectivity index (χ1v) is 10.3. The summed E-state index contributed by atoms with van der Waals surface area (Å²) in [5.74, 6) is -0.391. The number of aryl methyl sites for hydroxylation is 1. The van der Waals surface area contributed by atoms with E-state index in [0.717, 1.165) is 35.4 Å². The van der Waals surface area contributed by atoms with Crippen LogP contribution in [0.25, 0.3) is 0 Å². The highest BCUT2D eigenvalue weighted by atomic mass is 19.4. The van der Waals surface area contributed by atoms with Crippen LogP contribution < -0.4 is 4.90 Å². The molecular formula is C23H22F6N2O. The molecule has 0 radical (unpaired) electrons. The lowest BCUT2D eigenvalue weighted by Gasteiger charge is -2.37. The first-order chi connectivity index (χ1) is 14.9. The van der Waals surface area contributed by atoms with Crippen LogP contribution in [-0.2, 0) is 17.1 Å². The van der Waals surface area contributed by atoms with E-state index < -0.39 is 23.5 Å². The molecule has 32 heavy (non-hydrogen) atoms. The molecule has 1 saturated heterocycles. The number of carbonyl (C=O) groups is 1. The minimum absolute atomic E-state index is 0.0460. The molecule has 1 aliphatic carbocycles. The standard InChI is InChI=1S/C23H22F6N2O/c1-14-2-5-17(23(27,28)29)12-20(14)30-8-10-31(11-9-30)21(32)19-13-18(19)15-3-6-16(7-4-15)22(24,25)26/h2-7,12,18-19H,8-11,13H2,1H3/t18-,19-/m0/s1. The van der Waals surface area contributed by atoms with Gasteiger partial charge in [0.1, 0.15) is 0 Å². The van der Waals surface area contributed by atoms with Crippen molar-refractivity contribution in [2.24, 2.45) is 5.92 Å². The van der Waals surface area contributed by atoms with Crippen LogP contribution in [0, 0.1) is 12.8 Å². The van der Waals surface area contributed by atoms with E-state index in [4.69, 9.17) is 0 Å². The van der Waals surface area contributed by atoms with E-state index in [2.05, 4.69) is 0 Å². The maximum absolute atomic E-state index is 13.1. The average Bonchev–Trinajstić information content (AvgIpc) is 3.53. The fourth-order valence-electron chi connectivity index (χ4n) is 4.28. The lowest BCUT2D eigenvalue weighted by molar-refractivity contribution is -0.138. The third-order valence-electron chi connectivity index (χ3n) is 6.24. The summed E-state index contributed by atoms with van der Waals surface area (Å²) in [6.07, 6.45) is -8.22. The fourth-order valence-corrected chi connectivity index (χ4v) is 4.28. The number of rotatable bonds is 3. The van der Waals surface area contributed by atoms with Crippen molar-refractivity contribution in [2.45, 2.75) is 31.6 Å². The highest BCUT2D eigenvalue weighted by molar-refractivity contribution is 5.83. The molecule has 3 nitrogen and oxygen atoms in total. The fraction of sp³-hybridized carbons (Fsp3) is 0.435. The van der Waals surface area contributed by atoms with Gasteiger partial charge in [0.05, 0.1) is 11.1 Å². The van der Waals surface area contributed by atoms with Crippen LogP contribution in [0.15, 0.2) is 42.5 Å². The van der Waals surface area contributed by atoms with Gasteiger partial charge in [-0.15, -0.1) is 0 Å². The van der Waals surface area contributed by atoms with E-state index in [1.807, 2.05) is 4.90 Å². The Bertz CT molecular complexity index is 991. The van der Waals surface area contributed by atoms with Crippen LogP contribution in [0.4, 0.5) is 32.0 Å². The first-order valence-electron chi connectivity index (χ1n) is 10.3. The molecule has 2 aromatic carbocycles. The predicted molar refractivity (Wildman–Crippen MR) is 107 cm³/mol. The lowest BCUT2D eigenvalue weighted by atomic mass is 10.1. The van der Waals surface area contributed by atoms with Crippen molar-refractivity contribution in [1.82, 2.24) is 4.90 Å². The molecule has 2 atom stereocenters. The van der Waals surface area contributed by atoms with Crippen molar-refractivity contribution in [2.75, 3.05) is 31.1 Å². The SMILES string of the molecule is Cc1ccc(C(F)(F)F)cc1N1CCN(C(=O)[C@H]2C[C@H]2c2ccc(C(F)(F)F)cc2)CC1. The number of halogens is 6. The van der Waals surface area contributed by atoms with E-state index in [0.29, 0.717) is 38.3 Å². The molecule has 172 valence electrons. The Labute approximate surface area is 181 Å². The zero-order valence-corrected chi connectivity index (χ0v) is 17.3. The Hall–Kier alpha value is -2.71. The van der Waals surface area contributed by atoms with Crippen LogP contribution in [0.1, 0.15) is 34.6 Å². The van der Waals surface area contributed by atoms with Gasteiger partial charge < -0.3 is 9.80 Å². The van der Waals surface area contributed by atoms with Gasteiger partial charge in [0.15, 0.2) is 0 Å². The van der Waals surface area contributed by atoms with Crippen LogP contribution in [-0.4, -0.2) is 37.0 Å². The zero-order chi connectivity index (χ0) is 23.3. The molecule has 1 amide bonds. The summed E-state index contributed by atoms with van der Waals surface area (Å²) in [4.78, 5) is 16.4. The number of nitrogens with zero attached hydrogens (tertiary/aromatic N) is 2. The smallest absolute Gasteiger partial charge is 0.368 e. The maximum atomic E-state index is 13.1. The predicted octanol–water partition coefficient (Wildman–Crippen LogP) is 5.48. The third-order valence-corrected chi connectivity index (χ3v) is 6.24. The van der Waals surface area contributed by atoms with Crippen LogP contribution in [0.5, 0.6) is 0 Å². The van der Waals surface area contributed by atoms with Crippen molar-refractivity contribution in [3.63, 3.8) is 0 Å². The summed E-state index contributed by atoms with van der Waals surface area (Å²) in [5, 5.41) is 0. The molecule has 4 rings (SSSR count). The van der Waals surface area contributed by atoms with Gasteiger partial charge in [-0.1, -0.05) is 18.2 Å². The Morgan fingerprint density at radius 2 is 1.41 bits per heavy atom. The monoisotopic (exact) mass is 456 g/mol. The van der Waals surface area contributed by atoms with Gasteiger partial charge in [-0.05, 0) is 54.7 Å². The molecule has 2 aliphatic rings. The third kappa shape index (κ3) is 4.56. The summed E-state index contributed by atoms with van der Waals surface area (Å²) in [5.41, 5.74) is 0.553. The van der Waals surface area contributed by atoms with Gasteiger partial charge in [0, 0.05) is 37.8 Å². The molecule has 2 aromatic rings. The molecule has 1 saturated carbocycles. The average molecular weight is 456 g/mol. The number of anilines is 1. The van der Waals surface area contributed by atoms with Gasteiger partial charge >= 0.3 is 12.4 Å². The van der Waals surface area contributed by atoms with E-state index in [1.165, 1.54) is 18.2 Å². The summed E-state index contributed by atoms with van der Waals surface area (Å²) in [7, 11) is 0. The van der Waals surface area contributed by atoms with Crippen molar-refractivity contribution in [3.05, 3.63) is 64.7 Å². The normalized spacial score (nSPS) is 21.6. The summed E-state index contributed by atoms with van der Waals surface area (Å²) in [6.45, 7) is 3.39. The number of piperazine rings is 1. The van der Waals surface area contributed by atoms with Crippen molar-refractivity contribution < 1.29 is 31.1 Å². The molecule has 0 bridgehead atoms. The quantitative estimate of drug-likeness (QED) is 0.571. The van der Waals surface area contributed by atoms with Gasteiger partial charge in [0.2, 0.25) is 5.91 Å². The number of hydrogen-bond acceptors (Lipinski definition) is 2. The Balaban J connectivity index is 1.36. The van der Waals surface area contributed by atoms with Crippen molar-refractivity contribution >= 4 is 11.6 Å². The molecule has 0 aromatic heterocycles. The van der Waals surface area contributed by atoms with Gasteiger partial charge in [-0.3, -0.25) is 4.79 Å². The van der Waals surface area contributed by atoms with Gasteiger partial charge in [-0.2, -0.15) is 26.3 Å². The Morgan fingerprint density at radius 1 is 0.844 bits per heavy atom. The highest BCUT2D eigenvalue weighted by Crippen LogP contribution is 2.49. The van der Waals surface area contributed by atoms with Crippen molar-refractivity contribution in [3.8, 4) is 0 Å². The summed E-state index contributed by atoms with van der Waals surface area (Å²) >= 11 is 0. The topological polar surface area (TPSA) is 23.6 Å². The number of hydrogen-bond donors (Lipinski definition) is 0. The minimum atomic E-state index is -4.42. The summed E-state index contributed by atoms with van der Waals surface area (Å²) < 4.78 is 77.4. The van der Waals surface area contributed by atoms with Crippen LogP contribution in [0.3, 0.4) is 0 Å². The van der Waals surface area contributed by atoms with Gasteiger partial charge in [-0.25, -0.2) is 0 Å². The minimum Gasteiger partial charge on any atom is -0.368 e. The van der Waals surface area contributed by atoms with Crippen molar-refractivity contribution in [1.29, 1.82) is 0 Å². The number of carbonyl (C=O) groups excluding carboxylic acids is 1. The second-order valence-electron chi connectivity index (χ2n) is 8.38. The number of amides is 1. The Kier molecular flexibility index (Phi) is 5.63. The molecule has 0 N–H and O–H groups in total. The highest BCUT2D eigenvalue weighted by Gasteiger charge is 2.46. The maximum Gasteiger partial charge on any atom is 0.416 e. The molecular weight excluding hydrogens is 434 g/mol. The van der Waals surface area contributed by atoms with Crippen LogP contribution in [0.2, 0.25) is 0 Å². The van der Waals surface area contributed by atoms with Crippen LogP contribution >= 0.6 is 0 Å². The van der Waals surface area contributed by atoms with E-state index >= 15 is 0 Å². The van der Waals surface area contributed by atoms with E-state index in [-0.39, 0.29) is 17.7 Å². The zero-order valence-electron chi connectivity index (χ0n) is 17.3. The van der Waals surface area contributed by atoms with E-state index in [9.17, 15) is 31.1 Å². The largest absolute Gasteiger partial charge is 0.416 e. The number of benzene rings is 2. The second kappa shape index (κ2) is 8.01. The molecule has 1 heterocycles. The Morgan fingerprint density at radius 3 is 1.97 bits per heavy atom. The van der Waals surface area contributed by atoms with Gasteiger partial charge in [0.25, 0.3) is 0 Å². The lowest BCUT2D eigenvalue weighted by Crippen LogP contribution is -2.49. The van der Waals surface area contributed by atoms with E-state index in [1.54, 1.807) is 11.8 Å². The first kappa shape index (κ1) is 22.5. The second-order valence-corrected chi connectivity index (χ2v) is 8.38.